The Morgan fingerprint density at radius 1 is 1.23 bits per heavy atom. The molecule has 0 spiro atoms. The molecule has 1 aromatic carbocycles. The average molecular weight is 313 g/mol. The van der Waals surface area contributed by atoms with Crippen LogP contribution in [0.2, 0.25) is 0 Å². The van der Waals surface area contributed by atoms with Crippen molar-refractivity contribution in [2.75, 3.05) is 13.1 Å². The highest BCUT2D eigenvalue weighted by molar-refractivity contribution is 7.07. The fourth-order valence-corrected chi connectivity index (χ4v) is 4.14. The molecule has 1 fully saturated rings. The van der Waals surface area contributed by atoms with Gasteiger partial charge >= 0.3 is 0 Å². The monoisotopic (exact) mass is 313 g/mol. The van der Waals surface area contributed by atoms with Gasteiger partial charge in [-0.3, -0.25) is 4.79 Å². The van der Waals surface area contributed by atoms with Crippen LogP contribution in [0.5, 0.6) is 0 Å². The van der Waals surface area contributed by atoms with Crippen LogP contribution in [0.25, 0.3) is 0 Å². The molecule has 0 N–H and O–H groups in total. The maximum atomic E-state index is 12.9. The summed E-state index contributed by atoms with van der Waals surface area (Å²) in [7, 11) is 0. The fraction of sp³-hybridized carbons (Fsp3) is 0.421. The van der Waals surface area contributed by atoms with Crippen molar-refractivity contribution in [3.8, 4) is 0 Å². The van der Waals surface area contributed by atoms with Gasteiger partial charge < -0.3 is 4.90 Å². The van der Waals surface area contributed by atoms with E-state index < -0.39 is 0 Å². The van der Waals surface area contributed by atoms with E-state index in [4.69, 9.17) is 0 Å². The summed E-state index contributed by atoms with van der Waals surface area (Å²) in [5, 5.41) is 4.40. The first-order chi connectivity index (χ1) is 10.8. The molecule has 1 aromatic heterocycles. The summed E-state index contributed by atoms with van der Waals surface area (Å²) in [6.45, 7) is 3.89. The van der Waals surface area contributed by atoms with E-state index in [1.165, 1.54) is 5.56 Å². The van der Waals surface area contributed by atoms with E-state index in [9.17, 15) is 4.79 Å². The number of rotatable bonds is 4. The van der Waals surface area contributed by atoms with Crippen LogP contribution in [-0.4, -0.2) is 23.9 Å². The molecule has 2 aromatic rings. The third-order valence-corrected chi connectivity index (χ3v) is 5.43. The van der Waals surface area contributed by atoms with E-state index in [1.54, 1.807) is 11.3 Å². The zero-order valence-electron chi connectivity index (χ0n) is 13.1. The average Bonchev–Trinajstić information content (AvgIpc) is 3.11. The topological polar surface area (TPSA) is 20.3 Å². The lowest BCUT2D eigenvalue weighted by atomic mass is 9.89. The van der Waals surface area contributed by atoms with Gasteiger partial charge in [0.1, 0.15) is 0 Å². The minimum absolute atomic E-state index is 0.0129. The Morgan fingerprint density at radius 3 is 2.55 bits per heavy atom. The third-order valence-electron chi connectivity index (χ3n) is 4.73. The zero-order valence-corrected chi connectivity index (χ0v) is 13.9. The Labute approximate surface area is 136 Å². The van der Waals surface area contributed by atoms with Crippen molar-refractivity contribution >= 4 is 17.2 Å². The number of piperidine rings is 1. The highest BCUT2D eigenvalue weighted by Crippen LogP contribution is 2.31. The van der Waals surface area contributed by atoms with Gasteiger partial charge in [-0.15, -0.1) is 0 Å². The lowest BCUT2D eigenvalue weighted by Gasteiger charge is -2.34. The van der Waals surface area contributed by atoms with Crippen molar-refractivity contribution in [3.63, 3.8) is 0 Å². The Bertz CT molecular complexity index is 585. The van der Waals surface area contributed by atoms with Gasteiger partial charge in [-0.05, 0) is 53.1 Å². The summed E-state index contributed by atoms with van der Waals surface area (Å²) in [4.78, 5) is 14.9. The van der Waals surface area contributed by atoms with Gasteiger partial charge in [0.2, 0.25) is 5.91 Å². The van der Waals surface area contributed by atoms with Crippen LogP contribution < -0.4 is 0 Å². The minimum Gasteiger partial charge on any atom is -0.342 e. The summed E-state index contributed by atoms with van der Waals surface area (Å²) in [6, 6.07) is 12.4. The number of benzene rings is 1. The maximum absolute atomic E-state index is 12.9. The summed E-state index contributed by atoms with van der Waals surface area (Å²) in [6.07, 6.45) is 3.05. The zero-order chi connectivity index (χ0) is 15.4. The van der Waals surface area contributed by atoms with Gasteiger partial charge in [0, 0.05) is 13.1 Å². The second-order valence-corrected chi connectivity index (χ2v) is 6.81. The number of carbonyl (C=O) groups excluding carboxylic acids is 1. The molecule has 1 aliphatic heterocycles. The van der Waals surface area contributed by atoms with Crippen LogP contribution in [0.4, 0.5) is 0 Å². The van der Waals surface area contributed by atoms with E-state index >= 15 is 0 Å². The van der Waals surface area contributed by atoms with E-state index in [0.29, 0.717) is 11.8 Å². The summed E-state index contributed by atoms with van der Waals surface area (Å²) in [5.41, 5.74) is 2.60. The van der Waals surface area contributed by atoms with Crippen molar-refractivity contribution < 1.29 is 4.79 Å². The minimum atomic E-state index is 0.0129. The molecule has 3 rings (SSSR count). The van der Waals surface area contributed by atoms with Gasteiger partial charge in [-0.25, -0.2) is 0 Å². The molecule has 1 unspecified atom stereocenters. The van der Waals surface area contributed by atoms with E-state index in [0.717, 1.165) is 37.9 Å². The second-order valence-electron chi connectivity index (χ2n) is 6.03. The van der Waals surface area contributed by atoms with Gasteiger partial charge in [0.15, 0.2) is 0 Å². The molecule has 1 amide bonds. The lowest BCUT2D eigenvalue weighted by Crippen LogP contribution is -2.40. The van der Waals surface area contributed by atoms with Gasteiger partial charge in [0.05, 0.1) is 5.92 Å². The molecule has 1 aliphatic rings. The molecule has 116 valence electrons. The van der Waals surface area contributed by atoms with Crippen molar-refractivity contribution in [1.29, 1.82) is 0 Å². The molecule has 0 bridgehead atoms. The molecule has 2 nitrogen and oxygen atoms in total. The first-order valence-electron chi connectivity index (χ1n) is 8.15. The lowest BCUT2D eigenvalue weighted by molar-refractivity contribution is -0.134. The van der Waals surface area contributed by atoms with Crippen LogP contribution in [0, 0.1) is 0 Å². The van der Waals surface area contributed by atoms with Crippen molar-refractivity contribution in [1.82, 2.24) is 4.90 Å². The van der Waals surface area contributed by atoms with Gasteiger partial charge in [-0.1, -0.05) is 37.3 Å². The second kappa shape index (κ2) is 7.10. The van der Waals surface area contributed by atoms with E-state index in [2.05, 4.69) is 40.8 Å². The molecule has 0 saturated carbocycles. The molecule has 3 heteroatoms. The predicted molar refractivity (Wildman–Crippen MR) is 92.3 cm³/mol. The van der Waals surface area contributed by atoms with E-state index in [1.807, 2.05) is 18.2 Å². The van der Waals surface area contributed by atoms with Crippen LogP contribution in [0.3, 0.4) is 0 Å². The normalized spacial score (nSPS) is 17.4. The van der Waals surface area contributed by atoms with Gasteiger partial charge in [0.25, 0.3) is 0 Å². The Balaban J connectivity index is 1.64. The molecule has 0 radical (unpaired) electrons. The molecular formula is C19H23NOS. The molecule has 2 heterocycles. The number of nitrogens with zero attached hydrogens (tertiary/aromatic N) is 1. The van der Waals surface area contributed by atoms with Crippen molar-refractivity contribution in [2.24, 2.45) is 0 Å². The Hall–Kier alpha value is -1.61. The van der Waals surface area contributed by atoms with Crippen molar-refractivity contribution in [3.05, 3.63) is 58.3 Å². The molecule has 1 atom stereocenters. The SMILES string of the molecule is CCC(C(=O)N1CCC(c2ccsc2)CC1)c1ccccc1. The summed E-state index contributed by atoms with van der Waals surface area (Å²) >= 11 is 1.77. The van der Waals surface area contributed by atoms with Gasteiger partial charge in [-0.2, -0.15) is 11.3 Å². The Kier molecular flexibility index (Phi) is 4.94. The number of amides is 1. The van der Waals surface area contributed by atoms with Crippen LogP contribution in [0.15, 0.2) is 47.2 Å². The van der Waals surface area contributed by atoms with Crippen molar-refractivity contribution in [2.45, 2.75) is 38.0 Å². The highest BCUT2D eigenvalue weighted by atomic mass is 32.1. The molecule has 22 heavy (non-hydrogen) atoms. The quantitative estimate of drug-likeness (QED) is 0.804. The molecule has 1 saturated heterocycles. The molecular weight excluding hydrogens is 290 g/mol. The first kappa shape index (κ1) is 15.3. The predicted octanol–water partition coefficient (Wildman–Crippen LogP) is 4.65. The fourth-order valence-electron chi connectivity index (χ4n) is 3.40. The standard InChI is InChI=1S/C19H23NOS/c1-2-18(16-6-4-3-5-7-16)19(21)20-11-8-15(9-12-20)17-10-13-22-14-17/h3-7,10,13-15,18H,2,8-9,11-12H2,1H3. The number of carbonyl (C=O) groups is 1. The largest absolute Gasteiger partial charge is 0.342 e. The maximum Gasteiger partial charge on any atom is 0.230 e. The third kappa shape index (κ3) is 3.25. The highest BCUT2D eigenvalue weighted by Gasteiger charge is 2.28. The van der Waals surface area contributed by atoms with E-state index in [-0.39, 0.29) is 5.92 Å². The first-order valence-corrected chi connectivity index (χ1v) is 9.09. The number of hydrogen-bond acceptors (Lipinski definition) is 2. The molecule has 0 aliphatic carbocycles. The Morgan fingerprint density at radius 2 is 1.95 bits per heavy atom. The van der Waals surface area contributed by atoms with Crippen LogP contribution in [0.1, 0.15) is 49.1 Å². The number of likely N-dealkylation sites (tertiary alicyclic amines) is 1. The van der Waals surface area contributed by atoms with Crippen LogP contribution in [-0.2, 0) is 4.79 Å². The number of thiophene rings is 1. The number of hydrogen-bond donors (Lipinski definition) is 0. The van der Waals surface area contributed by atoms with Crippen LogP contribution >= 0.6 is 11.3 Å². The summed E-state index contributed by atoms with van der Waals surface area (Å²) in [5.74, 6) is 0.948. The summed E-state index contributed by atoms with van der Waals surface area (Å²) < 4.78 is 0. The smallest absolute Gasteiger partial charge is 0.230 e.